The lowest BCUT2D eigenvalue weighted by atomic mass is 10.2. The normalized spacial score (nSPS) is 11.6. The molecule has 8 nitrogen and oxygen atoms in total. The molecule has 0 saturated carbocycles. The quantitative estimate of drug-likeness (QED) is 0.777. The Bertz CT molecular complexity index is 736. The molecule has 1 atom stereocenters. The maximum Gasteiger partial charge on any atom is 0.328 e. The fourth-order valence-corrected chi connectivity index (χ4v) is 1.82. The van der Waals surface area contributed by atoms with Gasteiger partial charge in [0.25, 0.3) is 5.91 Å². The van der Waals surface area contributed by atoms with Crippen molar-refractivity contribution >= 4 is 29.2 Å². The predicted molar refractivity (Wildman–Crippen MR) is 83.3 cm³/mol. The van der Waals surface area contributed by atoms with Crippen LogP contribution in [0.4, 0.5) is 11.4 Å². The summed E-state index contributed by atoms with van der Waals surface area (Å²) in [4.78, 5) is 33.9. The van der Waals surface area contributed by atoms with Gasteiger partial charge in [0, 0.05) is 24.5 Å². The molecule has 23 heavy (non-hydrogen) atoms. The number of carboxylic acids is 1. The lowest BCUT2D eigenvalue weighted by Crippen LogP contribution is -2.18. The molecule has 1 aromatic heterocycles. The SMILES string of the molecule is CC(=O)Nc1ccc(NC(=O)c2ccn(C(C)C(=O)O)n2)cc1. The second-order valence-electron chi connectivity index (χ2n) is 4.91. The van der Waals surface area contributed by atoms with Crippen molar-refractivity contribution in [3.05, 3.63) is 42.2 Å². The van der Waals surface area contributed by atoms with Crippen LogP contribution in [0.1, 0.15) is 30.4 Å². The summed E-state index contributed by atoms with van der Waals surface area (Å²) in [6, 6.07) is 7.18. The van der Waals surface area contributed by atoms with Gasteiger partial charge in [0.05, 0.1) is 0 Å². The van der Waals surface area contributed by atoms with Crippen molar-refractivity contribution < 1.29 is 19.5 Å². The molecule has 0 bridgehead atoms. The Balaban J connectivity index is 2.04. The van der Waals surface area contributed by atoms with Crippen LogP contribution in [0.25, 0.3) is 0 Å². The van der Waals surface area contributed by atoms with Gasteiger partial charge in [-0.25, -0.2) is 4.79 Å². The van der Waals surface area contributed by atoms with Crippen LogP contribution in [-0.4, -0.2) is 32.7 Å². The van der Waals surface area contributed by atoms with Gasteiger partial charge in [0.15, 0.2) is 5.69 Å². The number of carboxylic acid groups (broad SMARTS) is 1. The summed E-state index contributed by atoms with van der Waals surface area (Å²) >= 11 is 0. The third-order valence-electron chi connectivity index (χ3n) is 3.06. The average molecular weight is 316 g/mol. The van der Waals surface area contributed by atoms with Crippen molar-refractivity contribution in [2.24, 2.45) is 0 Å². The number of nitrogens with one attached hydrogen (secondary N) is 2. The van der Waals surface area contributed by atoms with E-state index in [1.165, 1.54) is 30.8 Å². The predicted octanol–water partition coefficient (Wildman–Crippen LogP) is 1.74. The average Bonchev–Trinajstić information content (AvgIpc) is 2.97. The van der Waals surface area contributed by atoms with E-state index in [9.17, 15) is 14.4 Å². The molecule has 0 aliphatic rings. The van der Waals surface area contributed by atoms with Crippen molar-refractivity contribution in [1.82, 2.24) is 9.78 Å². The molecule has 120 valence electrons. The lowest BCUT2D eigenvalue weighted by molar-refractivity contribution is -0.140. The fourth-order valence-electron chi connectivity index (χ4n) is 1.82. The molecule has 0 saturated heterocycles. The van der Waals surface area contributed by atoms with E-state index in [0.29, 0.717) is 11.4 Å². The molecule has 2 rings (SSSR count). The van der Waals surface area contributed by atoms with Crippen LogP contribution in [0.5, 0.6) is 0 Å². The Hall–Kier alpha value is -3.16. The van der Waals surface area contributed by atoms with E-state index in [2.05, 4.69) is 15.7 Å². The highest BCUT2D eigenvalue weighted by atomic mass is 16.4. The zero-order chi connectivity index (χ0) is 17.0. The van der Waals surface area contributed by atoms with Gasteiger partial charge in [-0.3, -0.25) is 14.3 Å². The number of nitrogens with zero attached hydrogens (tertiary/aromatic N) is 2. The summed E-state index contributed by atoms with van der Waals surface area (Å²) in [5.74, 6) is -1.66. The lowest BCUT2D eigenvalue weighted by Gasteiger charge is -2.07. The molecule has 0 radical (unpaired) electrons. The van der Waals surface area contributed by atoms with Gasteiger partial charge in [-0.15, -0.1) is 0 Å². The van der Waals surface area contributed by atoms with Gasteiger partial charge in [-0.1, -0.05) is 0 Å². The smallest absolute Gasteiger partial charge is 0.328 e. The van der Waals surface area contributed by atoms with Gasteiger partial charge in [-0.2, -0.15) is 5.10 Å². The zero-order valence-electron chi connectivity index (χ0n) is 12.6. The monoisotopic (exact) mass is 316 g/mol. The molecular formula is C15H16N4O4. The minimum atomic E-state index is -1.03. The van der Waals surface area contributed by atoms with Crippen LogP contribution in [0.3, 0.4) is 0 Å². The third-order valence-corrected chi connectivity index (χ3v) is 3.06. The Morgan fingerprint density at radius 2 is 1.65 bits per heavy atom. The number of amides is 2. The van der Waals surface area contributed by atoms with E-state index in [-0.39, 0.29) is 11.6 Å². The molecule has 1 aromatic carbocycles. The number of rotatable bonds is 5. The molecule has 8 heteroatoms. The summed E-state index contributed by atoms with van der Waals surface area (Å²) < 4.78 is 1.21. The molecule has 0 fully saturated rings. The number of hydrogen-bond donors (Lipinski definition) is 3. The number of benzene rings is 1. The van der Waals surface area contributed by atoms with Crippen molar-refractivity contribution in [3.8, 4) is 0 Å². The van der Waals surface area contributed by atoms with E-state index in [1.54, 1.807) is 24.3 Å². The number of hydrogen-bond acceptors (Lipinski definition) is 4. The zero-order valence-corrected chi connectivity index (χ0v) is 12.6. The number of aromatic nitrogens is 2. The van der Waals surface area contributed by atoms with E-state index in [4.69, 9.17) is 5.11 Å². The molecule has 1 heterocycles. The van der Waals surface area contributed by atoms with Crippen molar-refractivity contribution in [3.63, 3.8) is 0 Å². The van der Waals surface area contributed by atoms with Crippen LogP contribution in [0.15, 0.2) is 36.5 Å². The second kappa shape index (κ2) is 6.73. The van der Waals surface area contributed by atoms with Gasteiger partial charge in [0.2, 0.25) is 5.91 Å². The molecule has 3 N–H and O–H groups in total. The number of anilines is 2. The Kier molecular flexibility index (Phi) is 4.75. The first kappa shape index (κ1) is 16.2. The maximum absolute atomic E-state index is 12.1. The van der Waals surface area contributed by atoms with Crippen LogP contribution >= 0.6 is 0 Å². The van der Waals surface area contributed by atoms with Crippen molar-refractivity contribution in [1.29, 1.82) is 0 Å². The largest absolute Gasteiger partial charge is 0.480 e. The van der Waals surface area contributed by atoms with Gasteiger partial charge in [0.1, 0.15) is 6.04 Å². The topological polar surface area (TPSA) is 113 Å². The highest BCUT2D eigenvalue weighted by molar-refractivity contribution is 6.03. The van der Waals surface area contributed by atoms with Gasteiger partial charge in [-0.05, 0) is 37.3 Å². The second-order valence-corrected chi connectivity index (χ2v) is 4.91. The van der Waals surface area contributed by atoms with Crippen LogP contribution < -0.4 is 10.6 Å². The molecule has 0 aliphatic carbocycles. The van der Waals surface area contributed by atoms with Crippen molar-refractivity contribution in [2.75, 3.05) is 10.6 Å². The van der Waals surface area contributed by atoms with E-state index < -0.39 is 17.9 Å². The minimum Gasteiger partial charge on any atom is -0.480 e. The van der Waals surface area contributed by atoms with E-state index >= 15 is 0 Å². The maximum atomic E-state index is 12.1. The molecule has 2 amide bonds. The molecule has 0 aliphatic heterocycles. The van der Waals surface area contributed by atoms with E-state index in [1.807, 2.05) is 0 Å². The summed E-state index contributed by atoms with van der Waals surface area (Å²) in [5, 5.41) is 18.1. The van der Waals surface area contributed by atoms with Crippen molar-refractivity contribution in [2.45, 2.75) is 19.9 Å². The molecule has 1 unspecified atom stereocenters. The van der Waals surface area contributed by atoms with Crippen LogP contribution in [0.2, 0.25) is 0 Å². The van der Waals surface area contributed by atoms with Gasteiger partial charge >= 0.3 is 5.97 Å². The first-order chi connectivity index (χ1) is 10.9. The number of carbonyl (C=O) groups excluding carboxylic acids is 2. The highest BCUT2D eigenvalue weighted by Gasteiger charge is 2.16. The minimum absolute atomic E-state index is 0.115. The van der Waals surface area contributed by atoms with E-state index in [0.717, 1.165) is 0 Å². The Labute approximate surface area is 132 Å². The van der Waals surface area contributed by atoms with Crippen LogP contribution in [-0.2, 0) is 9.59 Å². The summed E-state index contributed by atoms with van der Waals surface area (Å²) in [6.07, 6.45) is 1.44. The Morgan fingerprint density at radius 1 is 1.09 bits per heavy atom. The molecular weight excluding hydrogens is 300 g/mol. The summed E-state index contributed by atoms with van der Waals surface area (Å²) in [6.45, 7) is 2.88. The number of aliphatic carboxylic acids is 1. The first-order valence-corrected chi connectivity index (χ1v) is 6.84. The molecule has 0 spiro atoms. The summed E-state index contributed by atoms with van der Waals surface area (Å²) in [5.41, 5.74) is 1.27. The fraction of sp³-hybridized carbons (Fsp3) is 0.200. The van der Waals surface area contributed by atoms with Crippen LogP contribution in [0, 0.1) is 0 Å². The third kappa shape index (κ3) is 4.16. The Morgan fingerprint density at radius 3 is 2.17 bits per heavy atom. The molecule has 2 aromatic rings. The first-order valence-electron chi connectivity index (χ1n) is 6.84. The summed E-state index contributed by atoms with van der Waals surface area (Å²) in [7, 11) is 0. The standard InChI is InChI=1S/C15H16N4O4/c1-9(15(22)23)19-8-7-13(18-19)14(21)17-12-5-3-11(4-6-12)16-10(2)20/h3-9H,1-2H3,(H,16,20)(H,17,21)(H,22,23). The van der Waals surface area contributed by atoms with Gasteiger partial charge < -0.3 is 15.7 Å². The number of carbonyl (C=O) groups is 3. The highest BCUT2D eigenvalue weighted by Crippen LogP contribution is 2.14.